The van der Waals surface area contributed by atoms with E-state index in [1.54, 1.807) is 23.1 Å². The van der Waals surface area contributed by atoms with E-state index in [0.717, 1.165) is 5.56 Å². The zero-order chi connectivity index (χ0) is 19.1. The van der Waals surface area contributed by atoms with Gasteiger partial charge in [-0.15, -0.1) is 0 Å². The van der Waals surface area contributed by atoms with Gasteiger partial charge in [0, 0.05) is 36.6 Å². The van der Waals surface area contributed by atoms with Gasteiger partial charge in [-0.1, -0.05) is 41.4 Å². The zero-order valence-electron chi connectivity index (χ0n) is 14.3. The lowest BCUT2D eigenvalue weighted by atomic mass is 10.1. The summed E-state index contributed by atoms with van der Waals surface area (Å²) < 4.78 is 13.6. The smallest absolute Gasteiger partial charge is 0.254 e. The molecule has 0 aliphatic rings. The average molecular weight is 397 g/mol. The van der Waals surface area contributed by atoms with Crippen LogP contribution >= 0.6 is 23.2 Å². The minimum Gasteiger partial charge on any atom is -0.350 e. The van der Waals surface area contributed by atoms with Gasteiger partial charge >= 0.3 is 0 Å². The van der Waals surface area contributed by atoms with Crippen LogP contribution in [0.1, 0.15) is 22.8 Å². The summed E-state index contributed by atoms with van der Waals surface area (Å²) in [6.45, 7) is 2.45. The summed E-state index contributed by atoms with van der Waals surface area (Å²) in [6, 6.07) is 11.0. The molecular weight excluding hydrogens is 378 g/mol. The van der Waals surface area contributed by atoms with E-state index in [4.69, 9.17) is 23.2 Å². The molecule has 0 saturated heterocycles. The highest BCUT2D eigenvalue weighted by molar-refractivity contribution is 6.35. The highest BCUT2D eigenvalue weighted by Crippen LogP contribution is 2.21. The van der Waals surface area contributed by atoms with Crippen LogP contribution in [-0.2, 0) is 11.2 Å². The summed E-state index contributed by atoms with van der Waals surface area (Å²) in [5.41, 5.74) is 0.868. The van der Waals surface area contributed by atoms with Gasteiger partial charge in [0.25, 0.3) is 5.91 Å². The Labute approximate surface area is 161 Å². The van der Waals surface area contributed by atoms with Crippen LogP contribution in [0.25, 0.3) is 0 Å². The monoisotopic (exact) mass is 396 g/mol. The average Bonchev–Trinajstić information content (AvgIpc) is 2.59. The Hall–Kier alpha value is -2.11. The number of hydrogen-bond donors (Lipinski definition) is 1. The molecule has 0 radical (unpaired) electrons. The van der Waals surface area contributed by atoms with Crippen molar-refractivity contribution in [1.29, 1.82) is 0 Å². The predicted octanol–water partition coefficient (Wildman–Crippen LogP) is 3.95. The normalized spacial score (nSPS) is 10.5. The molecule has 4 nitrogen and oxygen atoms in total. The third kappa shape index (κ3) is 5.71. The van der Waals surface area contributed by atoms with E-state index < -0.39 is 11.7 Å². The van der Waals surface area contributed by atoms with E-state index >= 15 is 0 Å². The highest BCUT2D eigenvalue weighted by Gasteiger charge is 2.13. The Morgan fingerprint density at radius 3 is 2.50 bits per heavy atom. The summed E-state index contributed by atoms with van der Waals surface area (Å²) in [4.78, 5) is 25.4. The molecule has 0 atom stereocenters. The van der Waals surface area contributed by atoms with E-state index in [9.17, 15) is 14.0 Å². The van der Waals surface area contributed by atoms with E-state index in [0.29, 0.717) is 29.6 Å². The quantitative estimate of drug-likeness (QED) is 0.769. The third-order valence-electron chi connectivity index (χ3n) is 3.90. The van der Waals surface area contributed by atoms with Crippen molar-refractivity contribution in [2.75, 3.05) is 19.6 Å². The van der Waals surface area contributed by atoms with Crippen molar-refractivity contribution < 1.29 is 14.0 Å². The van der Waals surface area contributed by atoms with Gasteiger partial charge in [-0.05, 0) is 36.2 Å². The number of benzene rings is 2. The molecule has 26 heavy (non-hydrogen) atoms. The number of carbonyl (C=O) groups excluding carboxylic acids is 2. The number of nitrogens with one attached hydrogen (secondary N) is 1. The Morgan fingerprint density at radius 2 is 1.85 bits per heavy atom. The van der Waals surface area contributed by atoms with Crippen molar-refractivity contribution in [2.45, 2.75) is 13.3 Å². The Balaban J connectivity index is 1.87. The number of halogens is 3. The van der Waals surface area contributed by atoms with E-state index in [-0.39, 0.29) is 18.0 Å². The Kier molecular flexibility index (Phi) is 7.42. The van der Waals surface area contributed by atoms with Crippen molar-refractivity contribution >= 4 is 35.0 Å². The molecule has 2 amide bonds. The summed E-state index contributed by atoms with van der Waals surface area (Å²) in [6.07, 6.45) is 0.566. The number of hydrogen-bond acceptors (Lipinski definition) is 2. The molecule has 0 unspecified atom stereocenters. The number of amides is 2. The minimum atomic E-state index is -0.578. The molecule has 1 N–H and O–H groups in total. The third-order valence-corrected chi connectivity index (χ3v) is 4.48. The standard InChI is InChI=1S/C19H19Cl2FN2O2/c1-13(25)24(10-8-14-6-7-15(20)12-17(14)21)11-9-23-19(26)16-4-2-3-5-18(16)22/h2-7,12H,8-11H2,1H3,(H,23,26). The van der Waals surface area contributed by atoms with Crippen LogP contribution in [0, 0.1) is 5.82 Å². The van der Waals surface area contributed by atoms with Crippen molar-refractivity contribution in [1.82, 2.24) is 10.2 Å². The molecule has 2 aromatic carbocycles. The minimum absolute atomic E-state index is 0.0187. The fourth-order valence-electron chi connectivity index (χ4n) is 2.45. The van der Waals surface area contributed by atoms with Gasteiger partial charge in [-0.2, -0.15) is 0 Å². The van der Waals surface area contributed by atoms with Gasteiger partial charge in [0.05, 0.1) is 5.56 Å². The fourth-order valence-corrected chi connectivity index (χ4v) is 2.95. The first-order valence-electron chi connectivity index (χ1n) is 8.10. The molecule has 0 aliphatic carbocycles. The van der Waals surface area contributed by atoms with Crippen LogP contribution in [0.15, 0.2) is 42.5 Å². The van der Waals surface area contributed by atoms with E-state index in [2.05, 4.69) is 5.32 Å². The molecule has 0 spiro atoms. The van der Waals surface area contributed by atoms with Crippen LogP contribution < -0.4 is 5.32 Å². The second-order valence-corrected chi connectivity index (χ2v) is 6.57. The lowest BCUT2D eigenvalue weighted by molar-refractivity contribution is -0.128. The first-order chi connectivity index (χ1) is 12.4. The van der Waals surface area contributed by atoms with Crippen LogP contribution in [0.5, 0.6) is 0 Å². The second-order valence-electron chi connectivity index (χ2n) is 5.73. The van der Waals surface area contributed by atoms with Crippen LogP contribution in [-0.4, -0.2) is 36.3 Å². The maximum atomic E-state index is 13.6. The lowest BCUT2D eigenvalue weighted by Gasteiger charge is -2.21. The Morgan fingerprint density at radius 1 is 1.12 bits per heavy atom. The lowest BCUT2D eigenvalue weighted by Crippen LogP contribution is -2.38. The second kappa shape index (κ2) is 9.55. The van der Waals surface area contributed by atoms with Crippen molar-refractivity contribution in [3.8, 4) is 0 Å². The van der Waals surface area contributed by atoms with Gasteiger partial charge < -0.3 is 10.2 Å². The van der Waals surface area contributed by atoms with Gasteiger partial charge in [-0.3, -0.25) is 9.59 Å². The largest absolute Gasteiger partial charge is 0.350 e. The SMILES string of the molecule is CC(=O)N(CCNC(=O)c1ccccc1F)CCc1ccc(Cl)cc1Cl. The van der Waals surface area contributed by atoms with Gasteiger partial charge in [0.1, 0.15) is 5.82 Å². The molecule has 0 fully saturated rings. The van der Waals surface area contributed by atoms with Gasteiger partial charge in [0.15, 0.2) is 0 Å². The molecule has 138 valence electrons. The van der Waals surface area contributed by atoms with Crippen molar-refractivity contribution in [2.24, 2.45) is 0 Å². The molecule has 2 rings (SSSR count). The summed E-state index contributed by atoms with van der Waals surface area (Å²) in [5, 5.41) is 3.73. The summed E-state index contributed by atoms with van der Waals surface area (Å²) >= 11 is 12.0. The molecular formula is C19H19Cl2FN2O2. The van der Waals surface area contributed by atoms with E-state index in [1.165, 1.54) is 25.1 Å². The van der Waals surface area contributed by atoms with Crippen LogP contribution in [0.2, 0.25) is 10.0 Å². The molecule has 2 aromatic rings. The maximum absolute atomic E-state index is 13.6. The van der Waals surface area contributed by atoms with Crippen LogP contribution in [0.4, 0.5) is 4.39 Å². The van der Waals surface area contributed by atoms with Crippen LogP contribution in [0.3, 0.4) is 0 Å². The number of nitrogens with zero attached hydrogens (tertiary/aromatic N) is 1. The predicted molar refractivity (Wildman–Crippen MR) is 101 cm³/mol. The van der Waals surface area contributed by atoms with Gasteiger partial charge in [-0.25, -0.2) is 4.39 Å². The van der Waals surface area contributed by atoms with Crippen molar-refractivity contribution in [3.63, 3.8) is 0 Å². The molecule has 0 heterocycles. The van der Waals surface area contributed by atoms with Crippen molar-refractivity contribution in [3.05, 3.63) is 69.5 Å². The summed E-state index contributed by atoms with van der Waals surface area (Å²) in [7, 11) is 0. The van der Waals surface area contributed by atoms with E-state index in [1.807, 2.05) is 6.07 Å². The molecule has 0 saturated carbocycles. The topological polar surface area (TPSA) is 49.4 Å². The number of rotatable bonds is 7. The molecule has 0 aromatic heterocycles. The van der Waals surface area contributed by atoms with Gasteiger partial charge in [0.2, 0.25) is 5.91 Å². The molecule has 0 bridgehead atoms. The molecule has 7 heteroatoms. The number of carbonyl (C=O) groups is 2. The fraction of sp³-hybridized carbons (Fsp3) is 0.263. The zero-order valence-corrected chi connectivity index (χ0v) is 15.8. The Bertz CT molecular complexity index is 799. The first kappa shape index (κ1) is 20.2. The maximum Gasteiger partial charge on any atom is 0.254 e. The summed E-state index contributed by atoms with van der Waals surface area (Å²) in [5.74, 6) is -1.20. The molecule has 0 aliphatic heterocycles. The highest BCUT2D eigenvalue weighted by atomic mass is 35.5. The first-order valence-corrected chi connectivity index (χ1v) is 8.86.